The number of nitrogens with one attached hydrogen (secondary N) is 2. The van der Waals surface area contributed by atoms with Crippen molar-refractivity contribution in [2.24, 2.45) is 0 Å². The summed E-state index contributed by atoms with van der Waals surface area (Å²) < 4.78 is 32.0. The van der Waals surface area contributed by atoms with Gasteiger partial charge < -0.3 is 15.0 Å². The van der Waals surface area contributed by atoms with Crippen molar-refractivity contribution in [3.63, 3.8) is 0 Å². The summed E-state index contributed by atoms with van der Waals surface area (Å²) in [6.07, 6.45) is 3.64. The highest BCUT2D eigenvalue weighted by Gasteiger charge is 2.25. The number of aryl methyl sites for hydroxylation is 1. The quantitative estimate of drug-likeness (QED) is 0.874. The van der Waals surface area contributed by atoms with Crippen LogP contribution in [0.15, 0.2) is 29.2 Å². The van der Waals surface area contributed by atoms with Crippen LogP contribution in [0.1, 0.15) is 41.9 Å². The number of hydrogen-bond donors (Lipinski definition) is 2. The van der Waals surface area contributed by atoms with Crippen LogP contribution >= 0.6 is 0 Å². The van der Waals surface area contributed by atoms with Crippen molar-refractivity contribution in [2.45, 2.75) is 44.8 Å². The van der Waals surface area contributed by atoms with Crippen LogP contribution < -0.4 is 15.6 Å². The Hall–Kier alpha value is -2.77. The number of H-pyrrole nitrogens is 1. The van der Waals surface area contributed by atoms with Gasteiger partial charge in [-0.1, -0.05) is 0 Å². The van der Waals surface area contributed by atoms with E-state index in [4.69, 9.17) is 4.74 Å². The van der Waals surface area contributed by atoms with Crippen LogP contribution in [0, 0.1) is 18.6 Å². The van der Waals surface area contributed by atoms with Gasteiger partial charge >= 0.3 is 0 Å². The van der Waals surface area contributed by atoms with E-state index in [1.807, 2.05) is 0 Å². The Bertz CT molecular complexity index is 841. The average Bonchev–Trinajstić information content (AvgIpc) is 2.55. The minimum absolute atomic E-state index is 0.0239. The highest BCUT2D eigenvalue weighted by Crippen LogP contribution is 2.25. The SMILES string of the molecule is Cc1ncc(C(=O)NC2CCC(Oc3cc(F)cc(F)c3)CC2)c(=O)[nH]1. The van der Waals surface area contributed by atoms with Crippen molar-refractivity contribution in [1.29, 1.82) is 0 Å². The van der Waals surface area contributed by atoms with E-state index in [1.165, 1.54) is 6.20 Å². The number of aromatic amines is 1. The number of nitrogens with zero attached hydrogens (tertiary/aromatic N) is 1. The molecule has 2 aromatic rings. The smallest absolute Gasteiger partial charge is 0.263 e. The van der Waals surface area contributed by atoms with Crippen molar-refractivity contribution in [3.05, 3.63) is 57.8 Å². The van der Waals surface area contributed by atoms with E-state index in [9.17, 15) is 18.4 Å². The van der Waals surface area contributed by atoms with Crippen LogP contribution in [0.2, 0.25) is 0 Å². The van der Waals surface area contributed by atoms with Gasteiger partial charge in [0.1, 0.15) is 28.8 Å². The lowest BCUT2D eigenvalue weighted by atomic mass is 9.92. The molecular weight excluding hydrogens is 344 g/mol. The van der Waals surface area contributed by atoms with Crippen LogP contribution in [0.25, 0.3) is 0 Å². The molecule has 2 N–H and O–H groups in total. The predicted molar refractivity (Wildman–Crippen MR) is 90.1 cm³/mol. The average molecular weight is 363 g/mol. The first kappa shape index (κ1) is 18.0. The summed E-state index contributed by atoms with van der Waals surface area (Å²) in [5, 5.41) is 2.82. The summed E-state index contributed by atoms with van der Waals surface area (Å²) in [4.78, 5) is 30.4. The van der Waals surface area contributed by atoms with Crippen LogP contribution in [0.5, 0.6) is 5.75 Å². The zero-order valence-corrected chi connectivity index (χ0v) is 14.2. The largest absolute Gasteiger partial charge is 0.490 e. The van der Waals surface area contributed by atoms with Gasteiger partial charge in [-0.25, -0.2) is 13.8 Å². The van der Waals surface area contributed by atoms with Gasteiger partial charge in [-0.15, -0.1) is 0 Å². The van der Waals surface area contributed by atoms with E-state index < -0.39 is 23.1 Å². The molecule has 0 bridgehead atoms. The highest BCUT2D eigenvalue weighted by molar-refractivity contribution is 5.93. The molecule has 26 heavy (non-hydrogen) atoms. The lowest BCUT2D eigenvalue weighted by molar-refractivity contribution is 0.0891. The van der Waals surface area contributed by atoms with Gasteiger partial charge in [0.25, 0.3) is 11.5 Å². The maximum Gasteiger partial charge on any atom is 0.263 e. The number of ether oxygens (including phenoxy) is 1. The second kappa shape index (κ2) is 7.63. The van der Waals surface area contributed by atoms with Gasteiger partial charge in [0.2, 0.25) is 0 Å². The zero-order chi connectivity index (χ0) is 18.7. The molecule has 1 heterocycles. The summed E-state index contributed by atoms with van der Waals surface area (Å²) >= 11 is 0. The second-order valence-corrected chi connectivity index (χ2v) is 6.38. The first-order valence-corrected chi connectivity index (χ1v) is 8.40. The van der Waals surface area contributed by atoms with Crippen LogP contribution in [-0.2, 0) is 0 Å². The first-order chi connectivity index (χ1) is 12.4. The Morgan fingerprint density at radius 2 is 1.85 bits per heavy atom. The number of hydrogen-bond acceptors (Lipinski definition) is 4. The van der Waals surface area contributed by atoms with Crippen molar-refractivity contribution < 1.29 is 18.3 Å². The van der Waals surface area contributed by atoms with Crippen molar-refractivity contribution in [2.75, 3.05) is 0 Å². The maximum absolute atomic E-state index is 13.2. The van der Waals surface area contributed by atoms with Crippen LogP contribution in [0.4, 0.5) is 8.78 Å². The van der Waals surface area contributed by atoms with Gasteiger partial charge in [0.05, 0.1) is 6.10 Å². The number of benzene rings is 1. The molecule has 1 amide bonds. The van der Waals surface area contributed by atoms with Gasteiger partial charge in [0.15, 0.2) is 0 Å². The molecule has 0 saturated heterocycles. The Morgan fingerprint density at radius 3 is 2.46 bits per heavy atom. The van der Waals surface area contributed by atoms with Gasteiger partial charge in [-0.3, -0.25) is 9.59 Å². The molecule has 1 aliphatic carbocycles. The van der Waals surface area contributed by atoms with Gasteiger partial charge in [-0.05, 0) is 32.6 Å². The van der Waals surface area contributed by atoms with Gasteiger partial charge in [0, 0.05) is 30.4 Å². The molecule has 6 nitrogen and oxygen atoms in total. The number of amides is 1. The molecule has 1 aliphatic rings. The predicted octanol–water partition coefficient (Wildman–Crippen LogP) is 2.48. The van der Waals surface area contributed by atoms with E-state index in [1.54, 1.807) is 6.92 Å². The van der Waals surface area contributed by atoms with Crippen LogP contribution in [0.3, 0.4) is 0 Å². The molecule has 0 aliphatic heterocycles. The van der Waals surface area contributed by atoms with Crippen molar-refractivity contribution >= 4 is 5.91 Å². The molecule has 8 heteroatoms. The van der Waals surface area contributed by atoms with E-state index in [0.29, 0.717) is 31.5 Å². The standard InChI is InChI=1S/C18H19F2N3O3/c1-10-21-9-16(17(24)22-10)18(25)23-13-2-4-14(5-3-13)26-15-7-11(19)6-12(20)8-15/h6-9,13-14H,2-5H2,1H3,(H,23,25)(H,21,22,24). The Labute approximate surface area is 148 Å². The number of carbonyl (C=O) groups excluding carboxylic acids is 1. The van der Waals surface area contributed by atoms with Gasteiger partial charge in [-0.2, -0.15) is 0 Å². The Morgan fingerprint density at radius 1 is 1.19 bits per heavy atom. The lowest BCUT2D eigenvalue weighted by Gasteiger charge is -2.29. The third-order valence-corrected chi connectivity index (χ3v) is 4.32. The maximum atomic E-state index is 13.2. The van der Waals surface area contributed by atoms with E-state index >= 15 is 0 Å². The lowest BCUT2D eigenvalue weighted by Crippen LogP contribution is -2.41. The second-order valence-electron chi connectivity index (χ2n) is 6.38. The molecule has 1 aromatic heterocycles. The number of rotatable bonds is 4. The molecule has 138 valence electrons. The normalized spacial score (nSPS) is 19.8. The number of halogens is 2. The highest BCUT2D eigenvalue weighted by atomic mass is 19.1. The molecule has 1 aromatic carbocycles. The monoisotopic (exact) mass is 363 g/mol. The van der Waals surface area contributed by atoms with Crippen LogP contribution in [-0.4, -0.2) is 28.0 Å². The van der Waals surface area contributed by atoms with E-state index in [2.05, 4.69) is 15.3 Å². The van der Waals surface area contributed by atoms with E-state index in [-0.39, 0.29) is 23.5 Å². The molecule has 0 spiro atoms. The minimum Gasteiger partial charge on any atom is -0.490 e. The molecule has 0 atom stereocenters. The molecular formula is C18H19F2N3O3. The number of carbonyl (C=O) groups is 1. The summed E-state index contributed by atoms with van der Waals surface area (Å²) in [5.74, 6) is -1.23. The molecule has 3 rings (SSSR count). The minimum atomic E-state index is -0.683. The first-order valence-electron chi connectivity index (χ1n) is 8.40. The topological polar surface area (TPSA) is 84.1 Å². The van der Waals surface area contributed by atoms with E-state index in [0.717, 1.165) is 18.2 Å². The molecule has 1 fully saturated rings. The van der Waals surface area contributed by atoms with Crippen molar-refractivity contribution in [1.82, 2.24) is 15.3 Å². The molecule has 1 saturated carbocycles. The van der Waals surface area contributed by atoms with Crippen molar-refractivity contribution in [3.8, 4) is 5.75 Å². The zero-order valence-electron chi connectivity index (χ0n) is 14.2. The fraction of sp³-hybridized carbons (Fsp3) is 0.389. The summed E-state index contributed by atoms with van der Waals surface area (Å²) in [6, 6.07) is 3.00. The third kappa shape index (κ3) is 4.44. The summed E-state index contributed by atoms with van der Waals surface area (Å²) in [7, 11) is 0. The Kier molecular flexibility index (Phi) is 5.29. The molecule has 0 radical (unpaired) electrons. The fourth-order valence-electron chi connectivity index (χ4n) is 3.02. The fourth-order valence-corrected chi connectivity index (χ4v) is 3.02. The Balaban J connectivity index is 1.53. The summed E-state index contributed by atoms with van der Waals surface area (Å²) in [5.41, 5.74) is -0.496. The third-order valence-electron chi connectivity index (χ3n) is 4.32. The molecule has 0 unspecified atom stereocenters. The number of aromatic nitrogens is 2. The summed E-state index contributed by atoms with van der Waals surface area (Å²) in [6.45, 7) is 1.63.